The minimum Gasteiger partial charge on any atom is -0.226 e. The van der Waals surface area contributed by atoms with Crippen LogP contribution in [0.3, 0.4) is 0 Å². The molecule has 1 fully saturated rings. The largest absolute Gasteiger partial charge is 0.226 e. The molecule has 0 bridgehead atoms. The van der Waals surface area contributed by atoms with Gasteiger partial charge in [0.2, 0.25) is 5.16 Å². The van der Waals surface area contributed by atoms with Crippen LogP contribution in [0.15, 0.2) is 10.2 Å². The Bertz CT molecular complexity index is 594. The summed E-state index contributed by atoms with van der Waals surface area (Å²) in [5.41, 5.74) is 0.859. The molecule has 2 aromatic rings. The van der Waals surface area contributed by atoms with Crippen molar-refractivity contribution in [1.82, 2.24) is 30.2 Å². The van der Waals surface area contributed by atoms with Gasteiger partial charge in [0.15, 0.2) is 0 Å². The van der Waals surface area contributed by atoms with Gasteiger partial charge in [-0.05, 0) is 48.9 Å². The van der Waals surface area contributed by atoms with E-state index in [0.717, 1.165) is 28.6 Å². The minimum absolute atomic E-state index is 0.446. The molecule has 0 atom stereocenters. The van der Waals surface area contributed by atoms with Crippen molar-refractivity contribution in [2.75, 3.05) is 0 Å². The zero-order chi connectivity index (χ0) is 12.7. The highest BCUT2D eigenvalue weighted by Crippen LogP contribution is 2.38. The van der Waals surface area contributed by atoms with Crippen molar-refractivity contribution in [1.29, 1.82) is 0 Å². The molecular weight excluding hydrogens is 272 g/mol. The van der Waals surface area contributed by atoms with Gasteiger partial charge >= 0.3 is 0 Å². The van der Waals surface area contributed by atoms with E-state index in [1.807, 2.05) is 18.5 Å². The molecule has 8 heteroatoms. The van der Waals surface area contributed by atoms with Crippen LogP contribution in [0.1, 0.15) is 30.3 Å². The molecule has 0 unspecified atom stereocenters. The summed E-state index contributed by atoms with van der Waals surface area (Å²) in [6.07, 6.45) is 2.28. The number of hydrogen-bond donors (Lipinski definition) is 0. The fourth-order valence-electron chi connectivity index (χ4n) is 1.56. The molecule has 1 aliphatic carbocycles. The summed E-state index contributed by atoms with van der Waals surface area (Å²) in [5.74, 6) is 0.651. The molecule has 2 heterocycles. The maximum atomic E-state index is 6.05. The Kier molecular flexibility index (Phi) is 2.95. The average Bonchev–Trinajstić information content (AvgIpc) is 3.07. The van der Waals surface area contributed by atoms with Crippen molar-refractivity contribution in [2.24, 2.45) is 0 Å². The monoisotopic (exact) mass is 282 g/mol. The second-order valence-corrected chi connectivity index (χ2v) is 5.55. The third-order valence-electron chi connectivity index (χ3n) is 2.70. The smallest absolute Gasteiger partial charge is 0.215 e. The number of nitrogens with zero attached hydrogens (tertiary/aromatic N) is 6. The number of rotatable bonds is 3. The molecule has 0 radical (unpaired) electrons. The topological polar surface area (TPSA) is 69.4 Å². The summed E-state index contributed by atoms with van der Waals surface area (Å²) in [6.45, 7) is 3.72. The van der Waals surface area contributed by atoms with Gasteiger partial charge in [0.25, 0.3) is 0 Å². The van der Waals surface area contributed by atoms with E-state index in [2.05, 4.69) is 25.5 Å². The van der Waals surface area contributed by atoms with Crippen LogP contribution in [-0.4, -0.2) is 30.2 Å². The van der Waals surface area contributed by atoms with Gasteiger partial charge in [0.1, 0.15) is 16.0 Å². The van der Waals surface area contributed by atoms with Crippen molar-refractivity contribution >= 4 is 23.4 Å². The van der Waals surface area contributed by atoms with Crippen LogP contribution in [0.25, 0.3) is 0 Å². The van der Waals surface area contributed by atoms with Gasteiger partial charge in [-0.1, -0.05) is 11.6 Å². The van der Waals surface area contributed by atoms with Crippen LogP contribution in [-0.2, 0) is 0 Å². The third kappa shape index (κ3) is 2.20. The molecule has 0 saturated heterocycles. The Hall–Kier alpha value is -1.21. The molecule has 6 nitrogen and oxygen atoms in total. The Labute approximate surface area is 113 Å². The normalized spacial score (nSPS) is 15.1. The first kappa shape index (κ1) is 11.9. The van der Waals surface area contributed by atoms with Crippen molar-refractivity contribution < 1.29 is 0 Å². The predicted octanol–water partition coefficient (Wildman–Crippen LogP) is 2.22. The number of halogens is 1. The van der Waals surface area contributed by atoms with E-state index in [1.54, 1.807) is 0 Å². The van der Waals surface area contributed by atoms with Crippen LogP contribution in [0.5, 0.6) is 0 Å². The molecule has 1 aliphatic rings. The van der Waals surface area contributed by atoms with Gasteiger partial charge in [-0.25, -0.2) is 14.6 Å². The van der Waals surface area contributed by atoms with Crippen LogP contribution in [0, 0.1) is 13.8 Å². The van der Waals surface area contributed by atoms with E-state index in [4.69, 9.17) is 11.6 Å². The number of tetrazole rings is 1. The van der Waals surface area contributed by atoms with Gasteiger partial charge in [0.05, 0.1) is 6.04 Å². The predicted molar refractivity (Wildman–Crippen MR) is 66.7 cm³/mol. The zero-order valence-corrected chi connectivity index (χ0v) is 11.5. The Balaban J connectivity index is 1.94. The molecule has 3 rings (SSSR count). The lowest BCUT2D eigenvalue weighted by atomic mass is 10.4. The minimum atomic E-state index is 0.446. The van der Waals surface area contributed by atoms with Crippen molar-refractivity contribution in [3.8, 4) is 0 Å². The van der Waals surface area contributed by atoms with Gasteiger partial charge in [-0.2, -0.15) is 0 Å². The lowest BCUT2D eigenvalue weighted by Crippen LogP contribution is -2.00. The fraction of sp³-hybridized carbons (Fsp3) is 0.500. The molecule has 94 valence electrons. The molecule has 1 saturated carbocycles. The SMILES string of the molecule is Cc1nc(Cl)c(C)c(Sc2nnnn2C2CC2)n1. The summed E-state index contributed by atoms with van der Waals surface area (Å²) >= 11 is 7.49. The van der Waals surface area contributed by atoms with E-state index < -0.39 is 0 Å². The maximum Gasteiger partial charge on any atom is 0.215 e. The highest BCUT2D eigenvalue weighted by molar-refractivity contribution is 7.99. The summed E-state index contributed by atoms with van der Waals surface area (Å²) < 4.78 is 1.86. The van der Waals surface area contributed by atoms with Crippen LogP contribution in [0.4, 0.5) is 0 Å². The summed E-state index contributed by atoms with van der Waals surface area (Å²) in [5, 5.41) is 13.8. The first-order valence-electron chi connectivity index (χ1n) is 5.61. The molecular formula is C10H11ClN6S. The maximum absolute atomic E-state index is 6.05. The van der Waals surface area contributed by atoms with Crippen LogP contribution in [0.2, 0.25) is 5.15 Å². The number of hydrogen-bond acceptors (Lipinski definition) is 6. The van der Waals surface area contributed by atoms with Crippen molar-refractivity contribution in [3.05, 3.63) is 16.5 Å². The molecule has 0 aromatic carbocycles. The van der Waals surface area contributed by atoms with Crippen LogP contribution >= 0.6 is 23.4 Å². The number of aryl methyl sites for hydroxylation is 1. The van der Waals surface area contributed by atoms with Crippen LogP contribution < -0.4 is 0 Å². The van der Waals surface area contributed by atoms with E-state index in [1.165, 1.54) is 11.8 Å². The molecule has 18 heavy (non-hydrogen) atoms. The van der Waals surface area contributed by atoms with E-state index in [-0.39, 0.29) is 0 Å². The first-order valence-corrected chi connectivity index (χ1v) is 6.81. The van der Waals surface area contributed by atoms with E-state index >= 15 is 0 Å². The standard InChI is InChI=1S/C10H11ClN6S/c1-5-8(11)12-6(2)13-9(5)18-10-14-15-16-17(10)7-3-4-7/h7H,3-4H2,1-2H3. The highest BCUT2D eigenvalue weighted by atomic mass is 35.5. The summed E-state index contributed by atoms with van der Waals surface area (Å²) in [7, 11) is 0. The quantitative estimate of drug-likeness (QED) is 0.804. The zero-order valence-electron chi connectivity index (χ0n) is 9.96. The Morgan fingerprint density at radius 2 is 2.06 bits per heavy atom. The van der Waals surface area contributed by atoms with Crippen molar-refractivity contribution in [3.63, 3.8) is 0 Å². The summed E-state index contributed by atoms with van der Waals surface area (Å²) in [6, 6.07) is 0.446. The number of aromatic nitrogens is 6. The lowest BCUT2D eigenvalue weighted by Gasteiger charge is -2.06. The molecule has 0 aliphatic heterocycles. The van der Waals surface area contributed by atoms with Gasteiger partial charge in [-0.3, -0.25) is 0 Å². The van der Waals surface area contributed by atoms with Gasteiger partial charge < -0.3 is 0 Å². The second-order valence-electron chi connectivity index (χ2n) is 4.23. The lowest BCUT2D eigenvalue weighted by molar-refractivity contribution is 0.565. The van der Waals surface area contributed by atoms with Gasteiger partial charge in [0, 0.05) is 5.56 Å². The average molecular weight is 283 g/mol. The van der Waals surface area contributed by atoms with E-state index in [9.17, 15) is 0 Å². The molecule has 0 N–H and O–H groups in total. The third-order valence-corrected chi connectivity index (χ3v) is 4.11. The molecule has 0 spiro atoms. The Morgan fingerprint density at radius 1 is 1.28 bits per heavy atom. The van der Waals surface area contributed by atoms with Crippen molar-refractivity contribution in [2.45, 2.75) is 42.9 Å². The highest BCUT2D eigenvalue weighted by Gasteiger charge is 2.28. The van der Waals surface area contributed by atoms with Gasteiger partial charge in [-0.15, -0.1) is 5.10 Å². The van der Waals surface area contributed by atoms with E-state index in [0.29, 0.717) is 17.0 Å². The second kappa shape index (κ2) is 4.47. The summed E-state index contributed by atoms with van der Waals surface area (Å²) in [4.78, 5) is 8.50. The molecule has 2 aromatic heterocycles. The molecule has 0 amide bonds. The fourth-order valence-corrected chi connectivity index (χ4v) is 2.78. The Morgan fingerprint density at radius 3 is 2.78 bits per heavy atom. The first-order chi connectivity index (χ1) is 8.65.